The summed E-state index contributed by atoms with van der Waals surface area (Å²) in [6.07, 6.45) is 8.49. The molecule has 31 heavy (non-hydrogen) atoms. The van der Waals surface area contributed by atoms with E-state index < -0.39 is 0 Å². The van der Waals surface area contributed by atoms with E-state index in [9.17, 15) is 0 Å². The van der Waals surface area contributed by atoms with Crippen molar-refractivity contribution < 1.29 is 0 Å². The summed E-state index contributed by atoms with van der Waals surface area (Å²) >= 11 is 11.7. The molecular formula is C24H32ClN5S. The van der Waals surface area contributed by atoms with Crippen molar-refractivity contribution in [1.82, 2.24) is 15.3 Å². The van der Waals surface area contributed by atoms with E-state index in [0.717, 1.165) is 42.5 Å². The van der Waals surface area contributed by atoms with Crippen molar-refractivity contribution in [1.29, 1.82) is 0 Å². The van der Waals surface area contributed by atoms with Crippen LogP contribution in [0, 0.1) is 6.92 Å². The third-order valence-electron chi connectivity index (χ3n) is 6.77. The average Bonchev–Trinajstić information content (AvgIpc) is 3.23. The first-order valence-corrected chi connectivity index (χ1v) is 12.2. The molecule has 1 saturated heterocycles. The molecule has 166 valence electrons. The van der Waals surface area contributed by atoms with Crippen LogP contribution in [0.3, 0.4) is 0 Å². The van der Waals surface area contributed by atoms with Gasteiger partial charge < -0.3 is 15.5 Å². The normalized spacial score (nSPS) is 20.5. The number of hydrogen-bond donors (Lipinski definition) is 2. The van der Waals surface area contributed by atoms with Crippen LogP contribution in [0.15, 0.2) is 30.3 Å². The van der Waals surface area contributed by atoms with Crippen LogP contribution in [-0.2, 0) is 5.41 Å². The lowest BCUT2D eigenvalue weighted by atomic mass is 9.79. The number of aromatic nitrogens is 2. The number of thiocarbonyl (C=S) groups is 1. The van der Waals surface area contributed by atoms with Gasteiger partial charge in [-0.2, -0.15) is 4.98 Å². The number of nitrogens with zero attached hydrogens (tertiary/aromatic N) is 3. The number of rotatable bonds is 5. The van der Waals surface area contributed by atoms with E-state index in [1.165, 1.54) is 37.7 Å². The fourth-order valence-electron chi connectivity index (χ4n) is 5.01. The van der Waals surface area contributed by atoms with E-state index >= 15 is 0 Å². The Hall–Kier alpha value is -1.92. The second-order valence-corrected chi connectivity index (χ2v) is 9.88. The zero-order chi connectivity index (χ0) is 21.8. The first-order valence-electron chi connectivity index (χ1n) is 11.4. The van der Waals surface area contributed by atoms with Crippen molar-refractivity contribution in [3.8, 4) is 0 Å². The summed E-state index contributed by atoms with van der Waals surface area (Å²) in [5.74, 6) is 1.55. The Kier molecular flexibility index (Phi) is 6.97. The highest BCUT2D eigenvalue weighted by Crippen LogP contribution is 2.41. The minimum Gasteiger partial charge on any atom is -0.361 e. The Morgan fingerprint density at radius 1 is 1.16 bits per heavy atom. The molecule has 0 unspecified atom stereocenters. The maximum absolute atomic E-state index is 6.11. The summed E-state index contributed by atoms with van der Waals surface area (Å²) in [6, 6.07) is 10.8. The number of anilines is 2. The van der Waals surface area contributed by atoms with E-state index in [1.54, 1.807) is 0 Å². The van der Waals surface area contributed by atoms with Crippen LogP contribution in [0.2, 0.25) is 5.02 Å². The molecule has 1 atom stereocenters. The van der Waals surface area contributed by atoms with Crippen LogP contribution in [0.4, 0.5) is 11.8 Å². The van der Waals surface area contributed by atoms with Crippen LogP contribution in [0.25, 0.3) is 0 Å². The number of aryl methyl sites for hydroxylation is 1. The van der Waals surface area contributed by atoms with E-state index in [1.807, 2.05) is 19.1 Å². The van der Waals surface area contributed by atoms with Gasteiger partial charge in [0.25, 0.3) is 0 Å². The van der Waals surface area contributed by atoms with Crippen LogP contribution in [-0.4, -0.2) is 34.2 Å². The summed E-state index contributed by atoms with van der Waals surface area (Å²) < 4.78 is 0. The lowest BCUT2D eigenvalue weighted by molar-refractivity contribution is 0.435. The van der Waals surface area contributed by atoms with Gasteiger partial charge in [0.05, 0.1) is 0 Å². The van der Waals surface area contributed by atoms with Gasteiger partial charge in [-0.05, 0) is 75.9 Å². The lowest BCUT2D eigenvalue weighted by Crippen LogP contribution is -2.41. The predicted octanol–water partition coefficient (Wildman–Crippen LogP) is 5.62. The van der Waals surface area contributed by atoms with Gasteiger partial charge in [-0.15, -0.1) is 0 Å². The summed E-state index contributed by atoms with van der Waals surface area (Å²) in [5.41, 5.74) is 2.37. The molecule has 0 spiro atoms. The van der Waals surface area contributed by atoms with Crippen LogP contribution in [0.5, 0.6) is 0 Å². The van der Waals surface area contributed by atoms with Crippen LogP contribution in [0.1, 0.15) is 63.1 Å². The second kappa shape index (κ2) is 9.70. The minimum absolute atomic E-state index is 0.0954. The van der Waals surface area contributed by atoms with E-state index in [4.69, 9.17) is 28.8 Å². The topological polar surface area (TPSA) is 53.1 Å². The Bertz CT molecular complexity index is 911. The summed E-state index contributed by atoms with van der Waals surface area (Å²) in [4.78, 5) is 11.7. The van der Waals surface area contributed by atoms with Gasteiger partial charge >= 0.3 is 0 Å². The van der Waals surface area contributed by atoms with Crippen molar-refractivity contribution in [2.45, 2.75) is 70.3 Å². The molecule has 2 heterocycles. The largest absolute Gasteiger partial charge is 0.361 e. The molecule has 2 aromatic rings. The van der Waals surface area contributed by atoms with Gasteiger partial charge in [-0.25, -0.2) is 4.98 Å². The molecule has 2 fully saturated rings. The number of nitrogens with one attached hydrogen (secondary N) is 2. The van der Waals surface area contributed by atoms with Crippen molar-refractivity contribution in [2.24, 2.45) is 0 Å². The number of halogens is 1. The zero-order valence-corrected chi connectivity index (χ0v) is 20.0. The molecule has 1 aliphatic carbocycles. The van der Waals surface area contributed by atoms with Gasteiger partial charge in [0.1, 0.15) is 5.82 Å². The molecule has 5 nitrogen and oxygen atoms in total. The maximum atomic E-state index is 6.11. The standard InChI is InChI=1S/C24H32ClN5S/c1-17-15-21(30-14-6-3-7-18(30)2)28-22(27-17)29-23(31)26-16-24(12-4-5-13-24)19-8-10-20(25)11-9-19/h8-11,15,18H,3-7,12-14,16H2,1-2H3,(H2,26,27,28,29,31)/t18-/m0/s1. The highest BCUT2D eigenvalue weighted by atomic mass is 35.5. The molecular weight excluding hydrogens is 426 g/mol. The monoisotopic (exact) mass is 457 g/mol. The molecule has 0 amide bonds. The Balaban J connectivity index is 1.43. The molecule has 0 radical (unpaired) electrons. The molecule has 2 N–H and O–H groups in total. The summed E-state index contributed by atoms with van der Waals surface area (Å²) in [5, 5.41) is 8.03. The number of hydrogen-bond acceptors (Lipinski definition) is 4. The molecule has 7 heteroatoms. The zero-order valence-electron chi connectivity index (χ0n) is 18.5. The van der Waals surface area contributed by atoms with Gasteiger partial charge in [0.15, 0.2) is 5.11 Å². The molecule has 0 bridgehead atoms. The van der Waals surface area contributed by atoms with Gasteiger partial charge in [-0.1, -0.05) is 36.6 Å². The van der Waals surface area contributed by atoms with E-state index in [-0.39, 0.29) is 5.41 Å². The highest BCUT2D eigenvalue weighted by Gasteiger charge is 2.35. The fourth-order valence-corrected chi connectivity index (χ4v) is 5.30. The number of benzene rings is 1. The van der Waals surface area contributed by atoms with Crippen molar-refractivity contribution in [3.05, 3.63) is 46.6 Å². The van der Waals surface area contributed by atoms with Crippen molar-refractivity contribution >= 4 is 40.7 Å². The Morgan fingerprint density at radius 2 is 1.90 bits per heavy atom. The van der Waals surface area contributed by atoms with Crippen LogP contribution < -0.4 is 15.5 Å². The predicted molar refractivity (Wildman–Crippen MR) is 133 cm³/mol. The molecule has 1 saturated carbocycles. The first kappa shape index (κ1) is 22.3. The fraction of sp³-hybridized carbons (Fsp3) is 0.542. The quantitative estimate of drug-likeness (QED) is 0.568. The molecule has 1 aromatic carbocycles. The molecule has 1 aromatic heterocycles. The highest BCUT2D eigenvalue weighted by molar-refractivity contribution is 7.80. The van der Waals surface area contributed by atoms with Crippen molar-refractivity contribution in [3.63, 3.8) is 0 Å². The number of piperidine rings is 1. The third kappa shape index (κ3) is 5.29. The Morgan fingerprint density at radius 3 is 2.61 bits per heavy atom. The van der Waals surface area contributed by atoms with Gasteiger partial charge in [-0.3, -0.25) is 0 Å². The maximum Gasteiger partial charge on any atom is 0.231 e. The lowest BCUT2D eigenvalue weighted by Gasteiger charge is -2.34. The first-order chi connectivity index (χ1) is 14.9. The molecule has 2 aliphatic rings. The average molecular weight is 458 g/mol. The third-order valence-corrected chi connectivity index (χ3v) is 7.27. The van der Waals surface area contributed by atoms with E-state index in [2.05, 4.69) is 45.6 Å². The molecule has 4 rings (SSSR count). The minimum atomic E-state index is 0.0954. The molecule has 1 aliphatic heterocycles. The van der Waals surface area contributed by atoms with Gasteiger partial charge in [0, 0.05) is 41.3 Å². The van der Waals surface area contributed by atoms with E-state index in [0.29, 0.717) is 17.1 Å². The van der Waals surface area contributed by atoms with Crippen molar-refractivity contribution in [2.75, 3.05) is 23.3 Å². The smallest absolute Gasteiger partial charge is 0.231 e. The Labute approximate surface area is 196 Å². The van der Waals surface area contributed by atoms with Crippen LogP contribution >= 0.6 is 23.8 Å². The van der Waals surface area contributed by atoms with Gasteiger partial charge in [0.2, 0.25) is 5.95 Å². The summed E-state index contributed by atoms with van der Waals surface area (Å²) in [6.45, 7) is 6.12. The summed E-state index contributed by atoms with van der Waals surface area (Å²) in [7, 11) is 0. The SMILES string of the molecule is Cc1cc(N2CCCC[C@@H]2C)nc(NC(=S)NCC2(c3ccc(Cl)cc3)CCCC2)n1. The second-order valence-electron chi connectivity index (χ2n) is 9.03.